The Labute approximate surface area is 217 Å². The molecule has 0 aliphatic carbocycles. The van der Waals surface area contributed by atoms with Gasteiger partial charge in [0.25, 0.3) is 0 Å². The quantitative estimate of drug-likeness (QED) is 0.300. The Morgan fingerprint density at radius 1 is 0.757 bits per heavy atom. The van der Waals surface area contributed by atoms with Crippen LogP contribution in [0, 0.1) is 0 Å². The molecule has 2 N–H and O–H groups in total. The molecular weight excluding hydrogens is 458 g/mol. The maximum absolute atomic E-state index is 4.93. The maximum Gasteiger partial charge on any atom is 0.227 e. The first-order chi connectivity index (χ1) is 18.3. The van der Waals surface area contributed by atoms with Gasteiger partial charge < -0.3 is 10.6 Å². The van der Waals surface area contributed by atoms with E-state index in [4.69, 9.17) is 9.97 Å². The van der Waals surface area contributed by atoms with Crippen LogP contribution >= 0.6 is 0 Å². The highest BCUT2D eigenvalue weighted by Gasteiger charge is 2.21. The van der Waals surface area contributed by atoms with E-state index >= 15 is 0 Å². The van der Waals surface area contributed by atoms with Crippen LogP contribution in [0.25, 0.3) is 16.9 Å². The van der Waals surface area contributed by atoms with Gasteiger partial charge in [0.05, 0.1) is 0 Å². The number of hydrogen-bond acceptors (Lipinski definition) is 6. The zero-order chi connectivity index (χ0) is 24.9. The van der Waals surface area contributed by atoms with Crippen molar-refractivity contribution in [3.8, 4) is 5.69 Å². The number of aromatic nitrogens is 4. The van der Waals surface area contributed by atoms with Crippen LogP contribution in [0.4, 0.5) is 11.8 Å². The summed E-state index contributed by atoms with van der Waals surface area (Å²) in [6.07, 6.45) is 3.94. The fraction of sp³-hybridized carbons (Fsp3) is 0.233. The van der Waals surface area contributed by atoms with Crippen molar-refractivity contribution in [3.63, 3.8) is 0 Å². The molecule has 0 bridgehead atoms. The Morgan fingerprint density at radius 2 is 1.41 bits per heavy atom. The van der Waals surface area contributed by atoms with Gasteiger partial charge in [0, 0.05) is 37.9 Å². The Hall–Kier alpha value is -4.23. The number of anilines is 2. The van der Waals surface area contributed by atoms with Gasteiger partial charge in [0.2, 0.25) is 5.95 Å². The minimum Gasteiger partial charge on any atom is -0.364 e. The zero-order valence-electron chi connectivity index (χ0n) is 20.8. The van der Waals surface area contributed by atoms with Gasteiger partial charge in [0.15, 0.2) is 17.0 Å². The number of para-hydroxylation sites is 1. The molecule has 5 aromatic rings. The predicted molar refractivity (Wildman–Crippen MR) is 149 cm³/mol. The number of fused-ring (bicyclic) bond motifs is 1. The van der Waals surface area contributed by atoms with Crippen molar-refractivity contribution in [1.82, 2.24) is 24.4 Å². The zero-order valence-corrected chi connectivity index (χ0v) is 20.8. The number of piperidine rings is 1. The number of hydrogen-bond donors (Lipinski definition) is 2. The smallest absolute Gasteiger partial charge is 0.227 e. The normalized spacial score (nSPS) is 14.6. The average molecular weight is 490 g/mol. The van der Waals surface area contributed by atoms with Crippen LogP contribution in [0.3, 0.4) is 0 Å². The minimum absolute atomic E-state index is 0.333. The summed E-state index contributed by atoms with van der Waals surface area (Å²) in [5.74, 6) is 1.38. The van der Waals surface area contributed by atoms with Crippen molar-refractivity contribution in [2.24, 2.45) is 0 Å². The molecule has 1 aliphatic rings. The lowest BCUT2D eigenvalue weighted by Gasteiger charge is -2.32. The summed E-state index contributed by atoms with van der Waals surface area (Å²) in [7, 11) is 0. The summed E-state index contributed by atoms with van der Waals surface area (Å²) in [5, 5.41) is 7.14. The third kappa shape index (κ3) is 5.47. The van der Waals surface area contributed by atoms with Crippen LogP contribution in [0.1, 0.15) is 24.0 Å². The molecule has 3 heterocycles. The van der Waals surface area contributed by atoms with Crippen LogP contribution in [0.5, 0.6) is 0 Å². The molecule has 3 aromatic carbocycles. The van der Waals surface area contributed by atoms with E-state index in [2.05, 4.69) is 75.1 Å². The van der Waals surface area contributed by atoms with E-state index in [0.29, 0.717) is 18.5 Å². The lowest BCUT2D eigenvalue weighted by Crippen LogP contribution is -2.39. The van der Waals surface area contributed by atoms with E-state index in [1.54, 1.807) is 0 Å². The molecule has 0 spiro atoms. The van der Waals surface area contributed by atoms with Crippen molar-refractivity contribution in [2.45, 2.75) is 32.0 Å². The molecule has 0 amide bonds. The molecular formula is C30H31N7. The van der Waals surface area contributed by atoms with Crippen LogP contribution in [0.15, 0.2) is 97.3 Å². The molecule has 186 valence electrons. The molecule has 2 aromatic heterocycles. The van der Waals surface area contributed by atoms with Crippen LogP contribution in [0.2, 0.25) is 0 Å². The summed E-state index contributed by atoms with van der Waals surface area (Å²) < 4.78 is 2.03. The van der Waals surface area contributed by atoms with E-state index < -0.39 is 0 Å². The lowest BCUT2D eigenvalue weighted by atomic mass is 10.0. The van der Waals surface area contributed by atoms with E-state index in [1.165, 1.54) is 11.1 Å². The van der Waals surface area contributed by atoms with Gasteiger partial charge in [-0.2, -0.15) is 9.97 Å². The number of imidazole rings is 1. The second kappa shape index (κ2) is 10.8. The van der Waals surface area contributed by atoms with Crippen LogP contribution in [-0.4, -0.2) is 43.6 Å². The second-order valence-corrected chi connectivity index (χ2v) is 9.54. The van der Waals surface area contributed by atoms with Crippen LogP contribution < -0.4 is 10.6 Å². The molecule has 7 nitrogen and oxygen atoms in total. The van der Waals surface area contributed by atoms with Crippen LogP contribution in [-0.2, 0) is 13.1 Å². The number of nitrogens with one attached hydrogen (secondary N) is 2. The second-order valence-electron chi connectivity index (χ2n) is 9.54. The SMILES string of the molecule is c1ccc(CNc2nc(NC3CCN(Cc4ccccc4)CC3)nc3c2ncn3-c2ccccc2)cc1. The Morgan fingerprint density at radius 3 is 2.11 bits per heavy atom. The molecule has 7 heteroatoms. The van der Waals surface area contributed by atoms with Crippen molar-refractivity contribution in [1.29, 1.82) is 0 Å². The molecule has 1 aliphatic heterocycles. The Bertz CT molecular complexity index is 1430. The van der Waals surface area contributed by atoms with Gasteiger partial charge in [-0.05, 0) is 36.1 Å². The molecule has 0 radical (unpaired) electrons. The molecule has 0 saturated carbocycles. The number of nitrogens with zero attached hydrogens (tertiary/aromatic N) is 5. The first-order valence-electron chi connectivity index (χ1n) is 12.9. The number of benzene rings is 3. The van der Waals surface area contributed by atoms with Gasteiger partial charge in [-0.25, -0.2) is 4.98 Å². The van der Waals surface area contributed by atoms with E-state index in [1.807, 2.05) is 47.3 Å². The van der Waals surface area contributed by atoms with Gasteiger partial charge in [0.1, 0.15) is 6.33 Å². The summed E-state index contributed by atoms with van der Waals surface area (Å²) in [6, 6.07) is 31.6. The van der Waals surface area contributed by atoms with E-state index in [0.717, 1.165) is 55.1 Å². The van der Waals surface area contributed by atoms with Crippen molar-refractivity contribution in [3.05, 3.63) is 108 Å². The predicted octanol–water partition coefficient (Wildman–Crippen LogP) is 5.50. The molecule has 6 rings (SSSR count). The highest BCUT2D eigenvalue weighted by molar-refractivity contribution is 5.85. The molecule has 0 atom stereocenters. The van der Waals surface area contributed by atoms with E-state index in [9.17, 15) is 0 Å². The highest BCUT2D eigenvalue weighted by Crippen LogP contribution is 2.25. The third-order valence-electron chi connectivity index (χ3n) is 6.90. The fourth-order valence-corrected chi connectivity index (χ4v) is 4.91. The first kappa shape index (κ1) is 23.2. The maximum atomic E-state index is 4.93. The van der Waals surface area contributed by atoms with Gasteiger partial charge >= 0.3 is 0 Å². The summed E-state index contributed by atoms with van der Waals surface area (Å²) in [5.41, 5.74) is 5.14. The third-order valence-corrected chi connectivity index (χ3v) is 6.90. The van der Waals surface area contributed by atoms with Gasteiger partial charge in [-0.15, -0.1) is 0 Å². The van der Waals surface area contributed by atoms with Crippen molar-refractivity contribution in [2.75, 3.05) is 23.7 Å². The van der Waals surface area contributed by atoms with Gasteiger partial charge in [-0.1, -0.05) is 78.9 Å². The topological polar surface area (TPSA) is 70.9 Å². The molecule has 37 heavy (non-hydrogen) atoms. The summed E-state index contributed by atoms with van der Waals surface area (Å²) >= 11 is 0. The average Bonchev–Trinajstić information content (AvgIpc) is 3.39. The van der Waals surface area contributed by atoms with Crippen molar-refractivity contribution >= 4 is 22.9 Å². The Kier molecular flexibility index (Phi) is 6.77. The Balaban J connectivity index is 1.22. The molecule has 1 fully saturated rings. The molecule has 1 saturated heterocycles. The minimum atomic E-state index is 0.333. The number of likely N-dealkylation sites (tertiary alicyclic amines) is 1. The lowest BCUT2D eigenvalue weighted by molar-refractivity contribution is 0.211. The largest absolute Gasteiger partial charge is 0.364 e. The standard InChI is InChI=1S/C30H31N7/c1-4-10-23(11-5-1)20-31-28-27-29(37(22-32-27)26-14-8-3-9-15-26)35-30(34-28)33-25-16-18-36(19-17-25)21-24-12-6-2-7-13-24/h1-15,22,25H,16-21H2,(H2,31,33,34,35). The monoisotopic (exact) mass is 489 g/mol. The number of rotatable bonds is 8. The summed E-state index contributed by atoms with van der Waals surface area (Å²) in [6.45, 7) is 3.77. The van der Waals surface area contributed by atoms with E-state index in [-0.39, 0.29) is 0 Å². The first-order valence-corrected chi connectivity index (χ1v) is 12.9. The highest BCUT2D eigenvalue weighted by atomic mass is 15.2. The van der Waals surface area contributed by atoms with Gasteiger partial charge in [-0.3, -0.25) is 9.47 Å². The fourth-order valence-electron chi connectivity index (χ4n) is 4.91. The van der Waals surface area contributed by atoms with Crippen molar-refractivity contribution < 1.29 is 0 Å². The summed E-state index contributed by atoms with van der Waals surface area (Å²) in [4.78, 5) is 17.0. The molecule has 0 unspecified atom stereocenters.